The lowest BCUT2D eigenvalue weighted by atomic mass is 9.73. The average molecular weight is 1190 g/mol. The largest absolute Gasteiger partial charge is 0.509 e. The van der Waals surface area contributed by atoms with E-state index in [1.165, 1.54) is 19.5 Å². The normalized spacial score (nSPS) is 30.6. The molecule has 1 saturated carbocycles. The SMILES string of the molecule is CC[C@H]1OC(=O)[C@H](C)[C@@H](OC(=O)CCNCCCCNc2cc3c(cc2F)c(=O)c(C(=O)O)cn3C2CC2)[C@H](C)[C@@H](O[C@@H]2O[C@H](C)C[C@H](N(C)C)[C@H]2O)[C@](C)(OC)C[C@@H](C)/C(=N\OCCCc2cncc(C(=O)NC)c2)[C@H](C)[C@H]2OC(=O)O[C@@]21C. The summed E-state index contributed by atoms with van der Waals surface area (Å²) in [6.45, 7) is 15.6. The number of benzene rings is 1. The van der Waals surface area contributed by atoms with Gasteiger partial charge in [0.25, 0.3) is 5.91 Å². The summed E-state index contributed by atoms with van der Waals surface area (Å²) in [5.41, 5.74) is -1.60. The summed E-state index contributed by atoms with van der Waals surface area (Å²) < 4.78 is 61.6. The number of nitrogens with zero attached hydrogens (tertiary/aromatic N) is 4. The number of aliphatic hydroxyl groups is 1. The van der Waals surface area contributed by atoms with Crippen LogP contribution in [0.2, 0.25) is 0 Å². The van der Waals surface area contributed by atoms with Crippen LogP contribution in [0.15, 0.2) is 46.7 Å². The molecule has 85 heavy (non-hydrogen) atoms. The van der Waals surface area contributed by atoms with Crippen LogP contribution in [-0.2, 0) is 54.0 Å². The van der Waals surface area contributed by atoms with Crippen molar-refractivity contribution in [3.05, 3.63) is 69.5 Å². The van der Waals surface area contributed by atoms with E-state index in [4.69, 9.17) is 43.2 Å². The first-order chi connectivity index (χ1) is 40.3. The first kappa shape index (κ1) is 66.2. The highest BCUT2D eigenvalue weighted by Crippen LogP contribution is 2.44. The van der Waals surface area contributed by atoms with E-state index in [1.54, 1.807) is 57.6 Å². The van der Waals surface area contributed by atoms with Gasteiger partial charge in [0.1, 0.15) is 36.3 Å². The average Bonchev–Trinajstić information content (AvgIpc) is 3.82. The number of carbonyl (C=O) groups excluding carboxylic acids is 4. The van der Waals surface area contributed by atoms with Gasteiger partial charge in [0.05, 0.1) is 52.6 Å². The second kappa shape index (κ2) is 28.9. The Labute approximate surface area is 496 Å². The number of aliphatic hydroxyl groups excluding tert-OH is 1. The highest BCUT2D eigenvalue weighted by molar-refractivity contribution is 5.94. The molecule has 3 saturated heterocycles. The van der Waals surface area contributed by atoms with Gasteiger partial charge in [-0.3, -0.25) is 24.2 Å². The zero-order valence-electron chi connectivity index (χ0n) is 51.1. The fourth-order valence-electron chi connectivity index (χ4n) is 12.4. The number of ether oxygens (including phenoxy) is 7. The molecule has 0 unspecified atom stereocenters. The van der Waals surface area contributed by atoms with E-state index in [9.17, 15) is 39.0 Å². The van der Waals surface area contributed by atoms with Crippen molar-refractivity contribution in [2.45, 2.75) is 186 Å². The molecular formula is C61H88FN7O16. The number of esters is 2. The van der Waals surface area contributed by atoms with E-state index in [1.807, 2.05) is 46.7 Å². The van der Waals surface area contributed by atoms with E-state index in [0.717, 1.165) is 24.5 Å². The molecule has 4 fully saturated rings. The number of aryl methyl sites for hydroxylation is 1. The number of aromatic nitrogens is 2. The minimum absolute atomic E-state index is 0.00990. The van der Waals surface area contributed by atoms with Crippen molar-refractivity contribution in [1.29, 1.82) is 0 Å². The number of carbonyl (C=O) groups is 5. The summed E-state index contributed by atoms with van der Waals surface area (Å²) in [5.74, 6) is -6.89. The number of hydrogen-bond acceptors (Lipinski definition) is 20. The number of carboxylic acids is 1. The number of fused-ring (bicyclic) bond motifs is 2. The van der Waals surface area contributed by atoms with Gasteiger partial charge in [-0.05, 0) is 130 Å². The van der Waals surface area contributed by atoms with E-state index < -0.39 is 113 Å². The fraction of sp³-hybridized carbons (Fsp3) is 0.672. The van der Waals surface area contributed by atoms with Crippen LogP contribution >= 0.6 is 0 Å². The Morgan fingerprint density at radius 3 is 2.38 bits per heavy atom. The molecule has 4 aliphatic rings. The number of carboxylic acid groups (broad SMARTS) is 1. The Bertz CT molecular complexity index is 2940. The number of cyclic esters (lactones) is 1. The summed E-state index contributed by atoms with van der Waals surface area (Å²) >= 11 is 0. The third kappa shape index (κ3) is 15.6. The van der Waals surface area contributed by atoms with Crippen molar-refractivity contribution in [3.8, 4) is 0 Å². The van der Waals surface area contributed by atoms with Crippen LogP contribution in [-0.4, -0.2) is 175 Å². The molecule has 5 N–H and O–H groups in total. The Morgan fingerprint density at radius 2 is 1.71 bits per heavy atom. The second-order valence-electron chi connectivity index (χ2n) is 24.0. The molecule has 1 aliphatic carbocycles. The number of likely N-dealkylation sites (N-methyl/N-ethyl adjacent to an activating group) is 1. The first-order valence-corrected chi connectivity index (χ1v) is 29.8. The topological polar surface area (TPSA) is 286 Å². The van der Waals surface area contributed by atoms with Gasteiger partial charge < -0.3 is 73.6 Å². The molecule has 14 atom stereocenters. The molecule has 23 nitrogen and oxygen atoms in total. The van der Waals surface area contributed by atoms with Gasteiger partial charge in [0.15, 0.2) is 18.0 Å². The van der Waals surface area contributed by atoms with Gasteiger partial charge in [-0.2, -0.15) is 0 Å². The van der Waals surface area contributed by atoms with Crippen LogP contribution < -0.4 is 21.4 Å². The minimum Gasteiger partial charge on any atom is -0.477 e. The predicted molar refractivity (Wildman–Crippen MR) is 312 cm³/mol. The van der Waals surface area contributed by atoms with Crippen molar-refractivity contribution >= 4 is 52.3 Å². The van der Waals surface area contributed by atoms with Gasteiger partial charge in [-0.15, -0.1) is 0 Å². The van der Waals surface area contributed by atoms with Gasteiger partial charge in [0.2, 0.25) is 5.43 Å². The standard InChI is InChI=1S/C61H88FN7O16/c1-13-47-61(8)54(84-59(77)85-61)35(4)49(67-79-24-16-17-38-26-39(31-65-30-38)55(73)63-9)33(2)29-60(7,78-12)53(83-58-51(72)46(68(10)11)25-34(3)80-58)36(5)52(37(6)57(76)81-47)82-48(70)20-23-64-21-14-15-22-66-44-28-45-41(27-43(44)62)50(71)42(56(74)75)32-69(45)40-18-19-40/h26-28,30-37,40,46-47,51-54,58,64,66,72H,13-25,29H2,1-12H3,(H,63,73)(H,74,75)/b67-49+/t33-,34-,35+,36+,37-,46+,47-,51-,52+,53-,54-,58+,60-,61-/m1/s1. The monoisotopic (exact) mass is 1190 g/mol. The molecule has 3 aliphatic heterocycles. The van der Waals surface area contributed by atoms with Gasteiger partial charge in [0, 0.05) is 81.1 Å². The van der Waals surface area contributed by atoms with Crippen LogP contribution in [0.3, 0.4) is 0 Å². The highest BCUT2D eigenvalue weighted by Gasteiger charge is 2.59. The van der Waals surface area contributed by atoms with Gasteiger partial charge in [-0.25, -0.2) is 14.0 Å². The molecule has 1 amide bonds. The molecule has 24 heteroatoms. The molecule has 3 aromatic rings. The first-order valence-electron chi connectivity index (χ1n) is 29.8. The molecule has 0 bridgehead atoms. The van der Waals surface area contributed by atoms with Crippen molar-refractivity contribution in [2.24, 2.45) is 28.8 Å². The van der Waals surface area contributed by atoms with E-state index in [2.05, 4.69) is 20.9 Å². The molecule has 2 aromatic heterocycles. The number of pyridine rings is 2. The Balaban J connectivity index is 1.10. The molecule has 0 spiro atoms. The summed E-state index contributed by atoms with van der Waals surface area (Å²) in [4.78, 5) is 91.5. The number of methoxy groups -OCH3 is 1. The molecule has 7 rings (SSSR count). The van der Waals surface area contributed by atoms with Crippen molar-refractivity contribution in [2.75, 3.05) is 59.8 Å². The summed E-state index contributed by atoms with van der Waals surface area (Å²) in [6, 6.07) is 4.09. The van der Waals surface area contributed by atoms with Crippen LogP contribution in [0.25, 0.3) is 10.9 Å². The Hall–Kier alpha value is -6.31. The molecule has 5 heterocycles. The van der Waals surface area contributed by atoms with Crippen LogP contribution in [0.5, 0.6) is 0 Å². The van der Waals surface area contributed by atoms with Crippen LogP contribution in [0.4, 0.5) is 14.9 Å². The number of rotatable bonds is 23. The summed E-state index contributed by atoms with van der Waals surface area (Å²) in [5, 5.41) is 35.3. The van der Waals surface area contributed by atoms with E-state index >= 15 is 4.39 Å². The lowest BCUT2D eigenvalue weighted by Crippen LogP contribution is -2.60. The zero-order chi connectivity index (χ0) is 62.1. The number of nitrogens with one attached hydrogen (secondary N) is 3. The maximum atomic E-state index is 15.3. The second-order valence-corrected chi connectivity index (χ2v) is 24.0. The smallest absolute Gasteiger partial charge is 0.477 e. The number of amides is 1. The lowest BCUT2D eigenvalue weighted by molar-refractivity contribution is -0.301. The molecule has 1 aromatic carbocycles. The summed E-state index contributed by atoms with van der Waals surface area (Å²) in [7, 11) is 6.81. The number of anilines is 1. The Morgan fingerprint density at radius 1 is 0.976 bits per heavy atom. The predicted octanol–water partition coefficient (Wildman–Crippen LogP) is 6.80. The van der Waals surface area contributed by atoms with Crippen molar-refractivity contribution in [1.82, 2.24) is 25.1 Å². The number of unbranched alkanes of at least 4 members (excludes halogenated alkanes) is 1. The van der Waals surface area contributed by atoms with Crippen LogP contribution in [0.1, 0.15) is 145 Å². The molecular weight excluding hydrogens is 1110 g/mol. The van der Waals surface area contributed by atoms with Gasteiger partial charge >= 0.3 is 24.1 Å². The number of halogens is 1. The number of hydrogen-bond donors (Lipinski definition) is 5. The van der Waals surface area contributed by atoms with Gasteiger partial charge in [-0.1, -0.05) is 32.9 Å². The summed E-state index contributed by atoms with van der Waals surface area (Å²) in [6.07, 6.45) is 1.20. The maximum absolute atomic E-state index is 15.3. The van der Waals surface area contributed by atoms with Crippen molar-refractivity contribution < 1.29 is 76.6 Å². The van der Waals surface area contributed by atoms with E-state index in [0.29, 0.717) is 62.0 Å². The number of oxime groups is 1. The Kier molecular flexibility index (Phi) is 22.5. The van der Waals surface area contributed by atoms with Crippen LogP contribution in [0, 0.1) is 29.5 Å². The molecule has 470 valence electrons. The fourth-order valence-corrected chi connectivity index (χ4v) is 12.4. The minimum atomic E-state index is -1.53. The van der Waals surface area contributed by atoms with E-state index in [-0.39, 0.29) is 67.6 Å². The quantitative estimate of drug-likeness (QED) is 0.0282. The zero-order valence-corrected chi connectivity index (χ0v) is 51.1. The maximum Gasteiger partial charge on any atom is 0.509 e. The molecule has 0 radical (unpaired) electrons. The lowest BCUT2D eigenvalue weighted by Gasteiger charge is -2.48. The highest BCUT2D eigenvalue weighted by atomic mass is 19.1. The third-order valence-electron chi connectivity index (χ3n) is 17.3. The third-order valence-corrected chi connectivity index (χ3v) is 17.3. The van der Waals surface area contributed by atoms with Crippen molar-refractivity contribution in [3.63, 3.8) is 0 Å². The number of aromatic carboxylic acids is 1.